The number of unbranched alkanes of at least 4 members (excludes halogenated alkanes) is 1. The largest absolute Gasteiger partial charge is 0.480 e. The first-order valence-corrected chi connectivity index (χ1v) is 7.78. The van der Waals surface area contributed by atoms with Gasteiger partial charge >= 0.3 is 6.01 Å². The molecular formula is C16H20N6O2. The van der Waals surface area contributed by atoms with Crippen LogP contribution in [0.25, 0.3) is 11.2 Å². The Balaban J connectivity index is 1.96. The van der Waals surface area contributed by atoms with Crippen LogP contribution in [0.5, 0.6) is 12.0 Å². The summed E-state index contributed by atoms with van der Waals surface area (Å²) in [4.78, 5) is 12.5. The van der Waals surface area contributed by atoms with Gasteiger partial charge in [-0.2, -0.15) is 15.0 Å². The van der Waals surface area contributed by atoms with E-state index in [1.165, 1.54) is 0 Å². The van der Waals surface area contributed by atoms with E-state index in [1.54, 1.807) is 16.7 Å². The number of rotatable bonds is 6. The number of anilines is 2. The summed E-state index contributed by atoms with van der Waals surface area (Å²) in [5.41, 5.74) is 14.0. The summed E-state index contributed by atoms with van der Waals surface area (Å²) in [6.07, 6.45) is 1.91. The molecule has 0 bridgehead atoms. The molecule has 0 saturated heterocycles. The first-order chi connectivity index (χ1) is 11.6. The summed E-state index contributed by atoms with van der Waals surface area (Å²) in [6.45, 7) is 2.97. The fraction of sp³-hybridized carbons (Fsp3) is 0.312. The van der Waals surface area contributed by atoms with Gasteiger partial charge in [-0.25, -0.2) is 0 Å². The summed E-state index contributed by atoms with van der Waals surface area (Å²) >= 11 is 0. The molecule has 126 valence electrons. The van der Waals surface area contributed by atoms with Crippen molar-refractivity contribution in [2.75, 3.05) is 18.1 Å². The Labute approximate surface area is 139 Å². The van der Waals surface area contributed by atoms with E-state index >= 15 is 0 Å². The van der Waals surface area contributed by atoms with Crippen LogP contribution in [0, 0.1) is 0 Å². The van der Waals surface area contributed by atoms with Crippen LogP contribution in [0.4, 0.5) is 11.5 Å². The number of benzene rings is 1. The SMILES string of the molecule is CCCCOc1nc(N)c2nc(O)n(Cc3ccc(N)cc3)c2n1. The van der Waals surface area contributed by atoms with Crippen LogP contribution < -0.4 is 16.2 Å². The van der Waals surface area contributed by atoms with Gasteiger partial charge in [0, 0.05) is 5.69 Å². The molecule has 0 radical (unpaired) electrons. The van der Waals surface area contributed by atoms with E-state index in [9.17, 15) is 5.11 Å². The van der Waals surface area contributed by atoms with Crippen molar-refractivity contribution in [3.05, 3.63) is 29.8 Å². The predicted molar refractivity (Wildman–Crippen MR) is 91.8 cm³/mol. The fourth-order valence-electron chi connectivity index (χ4n) is 2.31. The lowest BCUT2D eigenvalue weighted by Crippen LogP contribution is -2.06. The molecule has 0 atom stereocenters. The van der Waals surface area contributed by atoms with Gasteiger partial charge in [0.25, 0.3) is 6.01 Å². The zero-order valence-corrected chi connectivity index (χ0v) is 13.4. The maximum atomic E-state index is 10.1. The van der Waals surface area contributed by atoms with E-state index in [0.29, 0.717) is 30.0 Å². The highest BCUT2D eigenvalue weighted by molar-refractivity contribution is 5.83. The Bertz CT molecular complexity index is 844. The van der Waals surface area contributed by atoms with Crippen molar-refractivity contribution in [3.63, 3.8) is 0 Å². The van der Waals surface area contributed by atoms with Crippen LogP contribution in [-0.2, 0) is 6.54 Å². The van der Waals surface area contributed by atoms with Crippen LogP contribution in [0.2, 0.25) is 0 Å². The van der Waals surface area contributed by atoms with E-state index in [1.807, 2.05) is 12.1 Å². The molecule has 8 heteroatoms. The molecule has 0 aliphatic heterocycles. The molecule has 1 aromatic carbocycles. The number of nitrogens with two attached hydrogens (primary N) is 2. The highest BCUT2D eigenvalue weighted by Crippen LogP contribution is 2.25. The third kappa shape index (κ3) is 3.17. The molecule has 0 aliphatic carbocycles. The molecule has 24 heavy (non-hydrogen) atoms. The number of fused-ring (bicyclic) bond motifs is 1. The Hall–Kier alpha value is -3.03. The summed E-state index contributed by atoms with van der Waals surface area (Å²) in [5.74, 6) is 0.179. The van der Waals surface area contributed by atoms with Crippen molar-refractivity contribution in [2.24, 2.45) is 0 Å². The molecule has 2 aromatic heterocycles. The minimum Gasteiger partial charge on any atom is -0.480 e. The van der Waals surface area contributed by atoms with Crippen molar-refractivity contribution in [1.29, 1.82) is 0 Å². The van der Waals surface area contributed by atoms with Crippen molar-refractivity contribution in [2.45, 2.75) is 26.3 Å². The van der Waals surface area contributed by atoms with Gasteiger partial charge in [0.1, 0.15) is 0 Å². The van der Waals surface area contributed by atoms with E-state index in [0.717, 1.165) is 18.4 Å². The number of imidazole rings is 1. The highest BCUT2D eigenvalue weighted by Gasteiger charge is 2.17. The maximum absolute atomic E-state index is 10.1. The molecule has 3 rings (SSSR count). The molecule has 0 unspecified atom stereocenters. The number of nitrogen functional groups attached to an aromatic ring is 2. The second-order valence-electron chi connectivity index (χ2n) is 5.51. The monoisotopic (exact) mass is 328 g/mol. The summed E-state index contributed by atoms with van der Waals surface area (Å²) < 4.78 is 7.09. The second kappa shape index (κ2) is 6.61. The molecular weight excluding hydrogens is 308 g/mol. The topological polar surface area (TPSA) is 125 Å². The molecule has 2 heterocycles. The average molecular weight is 328 g/mol. The van der Waals surface area contributed by atoms with E-state index in [4.69, 9.17) is 16.2 Å². The first kappa shape index (κ1) is 15.9. The lowest BCUT2D eigenvalue weighted by atomic mass is 10.2. The molecule has 0 amide bonds. The molecule has 0 aliphatic rings. The van der Waals surface area contributed by atoms with Crippen LogP contribution in [0.1, 0.15) is 25.3 Å². The van der Waals surface area contributed by atoms with Gasteiger partial charge < -0.3 is 21.3 Å². The Morgan fingerprint density at radius 3 is 2.58 bits per heavy atom. The molecule has 0 spiro atoms. The second-order valence-corrected chi connectivity index (χ2v) is 5.51. The minimum atomic E-state index is -0.173. The minimum absolute atomic E-state index is 0.173. The molecule has 3 aromatic rings. The van der Waals surface area contributed by atoms with E-state index in [-0.39, 0.29) is 17.8 Å². The number of aromatic nitrogens is 4. The molecule has 8 nitrogen and oxygen atoms in total. The summed E-state index contributed by atoms with van der Waals surface area (Å²) in [7, 11) is 0. The number of hydrogen-bond donors (Lipinski definition) is 3. The summed E-state index contributed by atoms with van der Waals surface area (Å²) in [6, 6.07) is 7.37. The quantitative estimate of drug-likeness (QED) is 0.466. The first-order valence-electron chi connectivity index (χ1n) is 7.78. The predicted octanol–water partition coefficient (Wildman–Crippen LogP) is 1.92. The molecule has 0 saturated carbocycles. The lowest BCUT2D eigenvalue weighted by Gasteiger charge is -2.07. The Morgan fingerprint density at radius 2 is 1.88 bits per heavy atom. The Morgan fingerprint density at radius 1 is 1.12 bits per heavy atom. The molecule has 5 N–H and O–H groups in total. The molecule has 0 fully saturated rings. The standard InChI is InChI=1S/C16H20N6O2/c1-2-3-8-24-15-20-13(18)12-14(21-15)22(16(23)19-12)9-10-4-6-11(17)7-5-10/h4-7H,2-3,8-9,17H2,1H3,(H,19,23)(H2,18,20,21). The third-order valence-corrected chi connectivity index (χ3v) is 3.63. The van der Waals surface area contributed by atoms with Gasteiger partial charge in [-0.15, -0.1) is 0 Å². The highest BCUT2D eigenvalue weighted by atomic mass is 16.5. The van der Waals surface area contributed by atoms with Crippen LogP contribution >= 0.6 is 0 Å². The number of aromatic hydroxyl groups is 1. The lowest BCUT2D eigenvalue weighted by molar-refractivity contribution is 0.286. The Kier molecular flexibility index (Phi) is 4.37. The van der Waals surface area contributed by atoms with Gasteiger partial charge in [0.05, 0.1) is 13.2 Å². The van der Waals surface area contributed by atoms with Crippen molar-refractivity contribution in [1.82, 2.24) is 19.5 Å². The van der Waals surface area contributed by atoms with Gasteiger partial charge in [-0.1, -0.05) is 25.5 Å². The fourth-order valence-corrected chi connectivity index (χ4v) is 2.31. The van der Waals surface area contributed by atoms with E-state index < -0.39 is 0 Å². The third-order valence-electron chi connectivity index (χ3n) is 3.63. The van der Waals surface area contributed by atoms with Gasteiger partial charge in [0.2, 0.25) is 0 Å². The van der Waals surface area contributed by atoms with E-state index in [2.05, 4.69) is 21.9 Å². The van der Waals surface area contributed by atoms with Gasteiger partial charge in [-0.05, 0) is 24.1 Å². The summed E-state index contributed by atoms with van der Waals surface area (Å²) in [5, 5.41) is 10.1. The van der Waals surface area contributed by atoms with Crippen molar-refractivity contribution >= 4 is 22.7 Å². The zero-order valence-electron chi connectivity index (χ0n) is 13.4. The number of hydrogen-bond acceptors (Lipinski definition) is 7. The van der Waals surface area contributed by atoms with Crippen molar-refractivity contribution < 1.29 is 9.84 Å². The van der Waals surface area contributed by atoms with Crippen LogP contribution in [0.15, 0.2) is 24.3 Å². The maximum Gasteiger partial charge on any atom is 0.320 e. The van der Waals surface area contributed by atoms with Crippen LogP contribution in [-0.4, -0.2) is 31.2 Å². The van der Waals surface area contributed by atoms with Crippen molar-refractivity contribution in [3.8, 4) is 12.0 Å². The van der Waals surface area contributed by atoms with Gasteiger partial charge in [-0.3, -0.25) is 4.57 Å². The number of ether oxygens (including phenoxy) is 1. The normalized spacial score (nSPS) is 11.0. The van der Waals surface area contributed by atoms with Crippen LogP contribution in [0.3, 0.4) is 0 Å². The smallest absolute Gasteiger partial charge is 0.320 e. The van der Waals surface area contributed by atoms with Gasteiger partial charge in [0.15, 0.2) is 17.0 Å². The average Bonchev–Trinajstić information content (AvgIpc) is 2.87. The zero-order chi connectivity index (χ0) is 17.1. The number of nitrogens with zero attached hydrogens (tertiary/aromatic N) is 4.